The van der Waals surface area contributed by atoms with E-state index in [2.05, 4.69) is 5.32 Å². The van der Waals surface area contributed by atoms with Crippen LogP contribution in [0.25, 0.3) is 0 Å². The zero-order valence-electron chi connectivity index (χ0n) is 10.4. The van der Waals surface area contributed by atoms with Gasteiger partial charge in [0.15, 0.2) is 0 Å². The van der Waals surface area contributed by atoms with Gasteiger partial charge >= 0.3 is 0 Å². The highest BCUT2D eigenvalue weighted by molar-refractivity contribution is 14.1. The van der Waals surface area contributed by atoms with E-state index in [9.17, 15) is 9.18 Å². The summed E-state index contributed by atoms with van der Waals surface area (Å²) < 4.78 is 13.7. The van der Waals surface area contributed by atoms with Crippen LogP contribution in [0.1, 0.15) is 11.1 Å². The number of aryl methyl sites for hydroxylation is 1. The van der Waals surface area contributed by atoms with E-state index >= 15 is 0 Å². The Balaban J connectivity index is 2.08. The fourth-order valence-corrected chi connectivity index (χ4v) is 2.38. The number of hydrogen-bond acceptors (Lipinski definition) is 1. The second-order valence-electron chi connectivity index (χ2n) is 4.28. The van der Waals surface area contributed by atoms with Crippen LogP contribution in [0.5, 0.6) is 0 Å². The van der Waals surface area contributed by atoms with Crippen LogP contribution in [0.15, 0.2) is 42.5 Å². The predicted molar refractivity (Wildman–Crippen MR) is 82.6 cm³/mol. The number of carbonyl (C=O) groups excluding carboxylic acids is 1. The Morgan fingerprint density at radius 1 is 1.26 bits per heavy atom. The Morgan fingerprint density at radius 3 is 2.68 bits per heavy atom. The van der Waals surface area contributed by atoms with Crippen LogP contribution < -0.4 is 5.32 Å². The summed E-state index contributed by atoms with van der Waals surface area (Å²) in [7, 11) is 0. The highest BCUT2D eigenvalue weighted by atomic mass is 127. The minimum Gasteiger partial charge on any atom is -0.325 e. The van der Waals surface area contributed by atoms with E-state index in [-0.39, 0.29) is 11.7 Å². The average Bonchev–Trinajstić information content (AvgIpc) is 2.36. The van der Waals surface area contributed by atoms with Gasteiger partial charge in [0, 0.05) is 3.57 Å². The van der Waals surface area contributed by atoms with Crippen molar-refractivity contribution in [3.63, 3.8) is 0 Å². The van der Waals surface area contributed by atoms with Gasteiger partial charge in [0.05, 0.1) is 12.1 Å². The van der Waals surface area contributed by atoms with Crippen molar-refractivity contribution in [3.8, 4) is 0 Å². The van der Waals surface area contributed by atoms with Crippen molar-refractivity contribution in [2.75, 3.05) is 5.32 Å². The van der Waals surface area contributed by atoms with Gasteiger partial charge in [0.1, 0.15) is 5.82 Å². The SMILES string of the molecule is Cc1ccccc1CC(=O)Nc1ccc(F)cc1I. The van der Waals surface area contributed by atoms with Crippen molar-refractivity contribution in [2.24, 2.45) is 0 Å². The lowest BCUT2D eigenvalue weighted by atomic mass is 10.1. The van der Waals surface area contributed by atoms with Crippen molar-refractivity contribution in [1.82, 2.24) is 0 Å². The van der Waals surface area contributed by atoms with Crippen molar-refractivity contribution in [3.05, 3.63) is 63.0 Å². The third kappa shape index (κ3) is 3.76. The molecule has 0 unspecified atom stereocenters. The van der Waals surface area contributed by atoms with Crippen LogP contribution in [0, 0.1) is 16.3 Å². The molecule has 0 atom stereocenters. The molecule has 0 saturated carbocycles. The molecule has 0 aliphatic carbocycles. The monoisotopic (exact) mass is 369 g/mol. The standard InChI is InChI=1S/C15H13FINO/c1-10-4-2-3-5-11(10)8-15(19)18-14-7-6-12(16)9-13(14)17/h2-7,9H,8H2,1H3,(H,18,19). The number of rotatable bonds is 3. The molecule has 2 aromatic carbocycles. The maximum absolute atomic E-state index is 13.0. The minimum atomic E-state index is -0.304. The summed E-state index contributed by atoms with van der Waals surface area (Å²) in [6.07, 6.45) is 0.320. The number of nitrogens with one attached hydrogen (secondary N) is 1. The van der Waals surface area contributed by atoms with Crippen LogP contribution in [0.4, 0.5) is 10.1 Å². The number of halogens is 2. The second kappa shape index (κ2) is 6.14. The van der Waals surface area contributed by atoms with Gasteiger partial charge in [-0.1, -0.05) is 24.3 Å². The van der Waals surface area contributed by atoms with Crippen LogP contribution in [0.2, 0.25) is 0 Å². The summed E-state index contributed by atoms with van der Waals surface area (Å²) in [4.78, 5) is 12.0. The van der Waals surface area contributed by atoms with E-state index in [4.69, 9.17) is 0 Å². The fraction of sp³-hybridized carbons (Fsp3) is 0.133. The molecule has 0 spiro atoms. The first kappa shape index (κ1) is 14.0. The van der Waals surface area contributed by atoms with Gasteiger partial charge in [-0.3, -0.25) is 4.79 Å². The van der Waals surface area contributed by atoms with E-state index in [1.54, 1.807) is 6.07 Å². The molecule has 1 N–H and O–H groups in total. The normalized spacial score (nSPS) is 10.3. The molecular weight excluding hydrogens is 356 g/mol. The summed E-state index contributed by atoms with van der Waals surface area (Å²) in [5.74, 6) is -0.403. The van der Waals surface area contributed by atoms with Gasteiger partial charge in [-0.25, -0.2) is 4.39 Å². The molecule has 98 valence electrons. The lowest BCUT2D eigenvalue weighted by Crippen LogP contribution is -2.15. The van der Waals surface area contributed by atoms with E-state index in [0.29, 0.717) is 15.7 Å². The van der Waals surface area contributed by atoms with Gasteiger partial charge < -0.3 is 5.32 Å². The Kier molecular flexibility index (Phi) is 4.52. The third-order valence-electron chi connectivity index (χ3n) is 2.82. The molecule has 0 bridgehead atoms. The molecule has 0 saturated heterocycles. The third-order valence-corrected chi connectivity index (χ3v) is 3.71. The number of hydrogen-bond donors (Lipinski definition) is 1. The van der Waals surface area contributed by atoms with Crippen molar-refractivity contribution >= 4 is 34.2 Å². The summed E-state index contributed by atoms with van der Waals surface area (Å²) in [6, 6.07) is 12.1. The maximum atomic E-state index is 13.0. The van der Waals surface area contributed by atoms with Crippen LogP contribution in [-0.2, 0) is 11.2 Å². The van der Waals surface area contributed by atoms with Gasteiger partial charge in [0.25, 0.3) is 0 Å². The Labute approximate surface area is 125 Å². The number of benzene rings is 2. The second-order valence-corrected chi connectivity index (χ2v) is 5.44. The predicted octanol–water partition coefficient (Wildman–Crippen LogP) is 3.92. The highest BCUT2D eigenvalue weighted by Crippen LogP contribution is 2.19. The van der Waals surface area contributed by atoms with E-state index < -0.39 is 0 Å². The van der Waals surface area contributed by atoms with E-state index in [1.165, 1.54) is 12.1 Å². The average molecular weight is 369 g/mol. The van der Waals surface area contributed by atoms with Crippen LogP contribution in [-0.4, -0.2) is 5.91 Å². The number of anilines is 1. The lowest BCUT2D eigenvalue weighted by Gasteiger charge is -2.09. The molecule has 2 aromatic rings. The molecule has 1 amide bonds. The molecule has 2 rings (SSSR count). The summed E-state index contributed by atoms with van der Waals surface area (Å²) in [6.45, 7) is 1.98. The molecule has 0 aliphatic heterocycles. The Bertz CT molecular complexity index is 613. The molecule has 2 nitrogen and oxygen atoms in total. The molecule has 19 heavy (non-hydrogen) atoms. The summed E-state index contributed by atoms with van der Waals surface area (Å²) in [5, 5.41) is 2.80. The maximum Gasteiger partial charge on any atom is 0.228 e. The first-order valence-corrected chi connectivity index (χ1v) is 6.93. The quantitative estimate of drug-likeness (QED) is 0.817. The first-order valence-electron chi connectivity index (χ1n) is 5.85. The van der Waals surface area contributed by atoms with Gasteiger partial charge in [-0.05, 0) is 58.8 Å². The highest BCUT2D eigenvalue weighted by Gasteiger charge is 2.08. The van der Waals surface area contributed by atoms with Crippen LogP contribution >= 0.6 is 22.6 Å². The Hall–Kier alpha value is -1.43. The van der Waals surface area contributed by atoms with Gasteiger partial charge in [-0.2, -0.15) is 0 Å². The Morgan fingerprint density at radius 2 is 2.00 bits per heavy atom. The van der Waals surface area contributed by atoms with Gasteiger partial charge in [0.2, 0.25) is 5.91 Å². The fourth-order valence-electron chi connectivity index (χ4n) is 1.77. The topological polar surface area (TPSA) is 29.1 Å². The van der Waals surface area contributed by atoms with Crippen molar-refractivity contribution in [1.29, 1.82) is 0 Å². The molecule has 0 fully saturated rings. The summed E-state index contributed by atoms with van der Waals surface area (Å²) in [5.41, 5.74) is 2.73. The van der Waals surface area contributed by atoms with Gasteiger partial charge in [-0.15, -0.1) is 0 Å². The van der Waals surface area contributed by atoms with Crippen molar-refractivity contribution < 1.29 is 9.18 Å². The number of amides is 1. The molecule has 0 aliphatic rings. The first-order chi connectivity index (χ1) is 9.06. The molecule has 0 radical (unpaired) electrons. The molecular formula is C15H13FINO. The molecule has 0 heterocycles. The molecule has 0 aromatic heterocycles. The lowest BCUT2D eigenvalue weighted by molar-refractivity contribution is -0.115. The summed E-state index contributed by atoms with van der Waals surface area (Å²) >= 11 is 2.00. The smallest absolute Gasteiger partial charge is 0.228 e. The van der Waals surface area contributed by atoms with Crippen molar-refractivity contribution in [2.45, 2.75) is 13.3 Å². The van der Waals surface area contributed by atoms with E-state index in [0.717, 1.165) is 11.1 Å². The largest absolute Gasteiger partial charge is 0.325 e. The minimum absolute atomic E-state index is 0.0983. The zero-order valence-corrected chi connectivity index (χ0v) is 12.6. The van der Waals surface area contributed by atoms with E-state index in [1.807, 2.05) is 53.8 Å². The van der Waals surface area contributed by atoms with Crippen LogP contribution in [0.3, 0.4) is 0 Å². The number of carbonyl (C=O) groups is 1. The zero-order chi connectivity index (χ0) is 13.8. The molecule has 4 heteroatoms.